The van der Waals surface area contributed by atoms with Gasteiger partial charge in [0.1, 0.15) is 5.78 Å². The lowest BCUT2D eigenvalue weighted by Crippen LogP contribution is -2.18. The maximum Gasteiger partial charge on any atom is 0.150 e. The fourth-order valence-electron chi connectivity index (χ4n) is 2.96. The summed E-state index contributed by atoms with van der Waals surface area (Å²) in [5, 5.41) is -0.163. The van der Waals surface area contributed by atoms with Gasteiger partial charge in [-0.25, -0.2) is 0 Å². The Morgan fingerprint density at radius 2 is 1.43 bits per heavy atom. The van der Waals surface area contributed by atoms with Crippen LogP contribution in [0.15, 0.2) is 30.3 Å². The predicted octanol–water partition coefficient (Wildman–Crippen LogP) is 4.65. The van der Waals surface area contributed by atoms with Crippen LogP contribution >= 0.6 is 11.6 Å². The lowest BCUT2D eigenvalue weighted by Gasteiger charge is -2.20. The van der Waals surface area contributed by atoms with Gasteiger partial charge in [-0.05, 0) is 31.2 Å². The highest BCUT2D eigenvalue weighted by molar-refractivity contribution is 6.31. The van der Waals surface area contributed by atoms with E-state index in [2.05, 4.69) is 12.1 Å². The maximum absolute atomic E-state index is 11.6. The summed E-state index contributed by atoms with van der Waals surface area (Å²) < 4.78 is 0. The zero-order valence-corrected chi connectivity index (χ0v) is 13.1. The highest BCUT2D eigenvalue weighted by Gasteiger charge is 2.23. The molecule has 2 aliphatic rings. The van der Waals surface area contributed by atoms with Crippen LogP contribution in [-0.4, -0.2) is 16.9 Å². The van der Waals surface area contributed by atoms with Gasteiger partial charge in [0.15, 0.2) is 5.78 Å². The van der Waals surface area contributed by atoms with Gasteiger partial charge in [0.25, 0.3) is 0 Å². The Hall–Kier alpha value is -1.15. The zero-order chi connectivity index (χ0) is 15.1. The molecule has 0 amide bonds. The van der Waals surface area contributed by atoms with Crippen molar-refractivity contribution in [1.82, 2.24) is 0 Å². The number of ketones is 2. The summed E-state index contributed by atoms with van der Waals surface area (Å²) in [6, 6.07) is 10.1. The first-order valence-corrected chi connectivity index (χ1v) is 8.36. The first kappa shape index (κ1) is 16.2. The van der Waals surface area contributed by atoms with E-state index in [9.17, 15) is 9.59 Å². The van der Waals surface area contributed by atoms with Gasteiger partial charge in [-0.1, -0.05) is 43.2 Å². The molecule has 0 heterocycles. The molecule has 2 unspecified atom stereocenters. The average molecular weight is 307 g/mol. The van der Waals surface area contributed by atoms with E-state index in [-0.39, 0.29) is 17.1 Å². The van der Waals surface area contributed by atoms with Crippen LogP contribution in [0, 0.1) is 0 Å². The van der Waals surface area contributed by atoms with E-state index in [1.807, 2.05) is 18.2 Å². The van der Waals surface area contributed by atoms with Crippen LogP contribution in [0.3, 0.4) is 0 Å². The molecule has 2 atom stereocenters. The number of benzene rings is 1. The summed E-state index contributed by atoms with van der Waals surface area (Å²) in [5.41, 5.74) is 1.20. The minimum Gasteiger partial charge on any atom is -0.299 e. The van der Waals surface area contributed by atoms with Gasteiger partial charge < -0.3 is 0 Å². The van der Waals surface area contributed by atoms with Crippen LogP contribution in [-0.2, 0) is 9.59 Å². The molecule has 0 N–H and O–H groups in total. The Labute approximate surface area is 131 Å². The third kappa shape index (κ3) is 4.96. The molecule has 2 fully saturated rings. The van der Waals surface area contributed by atoms with E-state index in [1.165, 1.54) is 12.0 Å². The van der Waals surface area contributed by atoms with Crippen LogP contribution in [0.2, 0.25) is 0 Å². The topological polar surface area (TPSA) is 34.1 Å². The first-order valence-electron chi connectivity index (χ1n) is 7.93. The summed E-state index contributed by atoms with van der Waals surface area (Å²) in [6.45, 7) is 0. The largest absolute Gasteiger partial charge is 0.299 e. The number of hydrogen-bond donors (Lipinski definition) is 0. The number of alkyl halides is 1. The van der Waals surface area contributed by atoms with E-state index in [0.29, 0.717) is 12.2 Å². The van der Waals surface area contributed by atoms with Gasteiger partial charge >= 0.3 is 0 Å². The summed E-state index contributed by atoms with van der Waals surface area (Å²) >= 11 is 5.62. The molecule has 0 saturated heterocycles. The number of carbonyl (C=O) groups is 2. The molecule has 2 saturated carbocycles. The van der Waals surface area contributed by atoms with Crippen molar-refractivity contribution < 1.29 is 9.59 Å². The number of hydrogen-bond acceptors (Lipinski definition) is 2. The second-order valence-corrected chi connectivity index (χ2v) is 6.38. The predicted molar refractivity (Wildman–Crippen MR) is 85.8 cm³/mol. The minimum absolute atomic E-state index is 0.163. The summed E-state index contributed by atoms with van der Waals surface area (Å²) in [7, 11) is 0. The maximum atomic E-state index is 11.6. The molecule has 0 spiro atoms. The smallest absolute Gasteiger partial charge is 0.150 e. The van der Waals surface area contributed by atoms with E-state index in [0.717, 1.165) is 38.5 Å². The molecule has 0 radical (unpaired) electrons. The molecule has 2 aliphatic carbocycles. The molecule has 0 aliphatic heterocycles. The summed E-state index contributed by atoms with van der Waals surface area (Å²) in [5.74, 6) is 0.852. The van der Waals surface area contributed by atoms with Crippen molar-refractivity contribution >= 4 is 23.2 Å². The van der Waals surface area contributed by atoms with Crippen LogP contribution in [0.1, 0.15) is 62.8 Å². The van der Waals surface area contributed by atoms with Gasteiger partial charge in [-0.2, -0.15) is 0 Å². The Bertz CT molecular complexity index is 469. The molecule has 1 aromatic carbocycles. The highest BCUT2D eigenvalue weighted by atomic mass is 35.5. The van der Waals surface area contributed by atoms with E-state index >= 15 is 0 Å². The Morgan fingerprint density at radius 3 is 1.95 bits per heavy atom. The lowest BCUT2D eigenvalue weighted by atomic mass is 9.83. The van der Waals surface area contributed by atoms with Gasteiger partial charge in [-0.3, -0.25) is 9.59 Å². The third-order valence-electron chi connectivity index (χ3n) is 4.24. The molecule has 21 heavy (non-hydrogen) atoms. The van der Waals surface area contributed by atoms with Gasteiger partial charge in [0, 0.05) is 18.8 Å². The van der Waals surface area contributed by atoms with Crippen LogP contribution in [0.4, 0.5) is 0 Å². The van der Waals surface area contributed by atoms with Gasteiger partial charge in [0.2, 0.25) is 0 Å². The average Bonchev–Trinajstić information content (AvgIpc) is 2.52. The van der Waals surface area contributed by atoms with Crippen molar-refractivity contribution in [3.05, 3.63) is 35.9 Å². The van der Waals surface area contributed by atoms with Gasteiger partial charge in [-0.15, -0.1) is 11.6 Å². The molecular formula is C18H23ClO2. The molecule has 0 bridgehead atoms. The zero-order valence-electron chi connectivity index (χ0n) is 12.4. The number of rotatable bonds is 1. The number of Topliss-reactive ketones (excluding diaryl/α,β-unsaturated/α-hetero) is 2. The third-order valence-corrected chi connectivity index (χ3v) is 4.70. The molecule has 2 nitrogen and oxygen atoms in total. The minimum atomic E-state index is -0.163. The second-order valence-electron chi connectivity index (χ2n) is 5.85. The van der Waals surface area contributed by atoms with Crippen LogP contribution < -0.4 is 0 Å². The summed E-state index contributed by atoms with van der Waals surface area (Å²) in [6.07, 6.45) is 7.87. The van der Waals surface area contributed by atoms with Crippen molar-refractivity contribution in [1.29, 1.82) is 0 Å². The first-order chi connectivity index (χ1) is 10.2. The van der Waals surface area contributed by atoms with Crippen molar-refractivity contribution in [3.63, 3.8) is 0 Å². The molecule has 114 valence electrons. The van der Waals surface area contributed by atoms with Crippen molar-refractivity contribution in [3.8, 4) is 0 Å². The quantitative estimate of drug-likeness (QED) is 0.708. The molecule has 3 heteroatoms. The van der Waals surface area contributed by atoms with E-state index in [1.54, 1.807) is 0 Å². The fourth-order valence-corrected chi connectivity index (χ4v) is 3.22. The van der Waals surface area contributed by atoms with E-state index < -0.39 is 0 Å². The molecular weight excluding hydrogens is 284 g/mol. The Kier molecular flexibility index (Phi) is 6.44. The van der Waals surface area contributed by atoms with Crippen molar-refractivity contribution in [2.45, 2.75) is 62.7 Å². The SMILES string of the molecule is O=C1CCCCC1Cl.O=C1CCCCC1c1ccccc1. The van der Waals surface area contributed by atoms with E-state index in [4.69, 9.17) is 11.6 Å². The molecule has 0 aromatic heterocycles. The Balaban J connectivity index is 0.000000173. The monoisotopic (exact) mass is 306 g/mol. The van der Waals surface area contributed by atoms with Gasteiger partial charge in [0.05, 0.1) is 5.38 Å². The number of carbonyl (C=O) groups excluding carboxylic acids is 2. The van der Waals surface area contributed by atoms with Crippen molar-refractivity contribution in [2.24, 2.45) is 0 Å². The number of halogens is 1. The molecule has 1 aromatic rings. The normalized spacial score (nSPS) is 26.0. The van der Waals surface area contributed by atoms with Crippen LogP contribution in [0.25, 0.3) is 0 Å². The summed E-state index contributed by atoms with van der Waals surface area (Å²) in [4.78, 5) is 22.3. The highest BCUT2D eigenvalue weighted by Crippen LogP contribution is 2.29. The standard InChI is InChI=1S/C12H14O.C6H9ClO/c13-12-9-5-4-8-11(12)10-6-2-1-3-7-10;7-5-3-1-2-4-6(5)8/h1-3,6-7,11H,4-5,8-9H2;5H,1-4H2. The second kappa shape index (κ2) is 8.33. The fraction of sp³-hybridized carbons (Fsp3) is 0.556. The van der Waals surface area contributed by atoms with Crippen molar-refractivity contribution in [2.75, 3.05) is 0 Å². The molecule has 3 rings (SSSR count). The Morgan fingerprint density at radius 1 is 0.810 bits per heavy atom. The lowest BCUT2D eigenvalue weighted by molar-refractivity contribution is -0.122. The van der Waals surface area contributed by atoms with Crippen LogP contribution in [0.5, 0.6) is 0 Å².